The molecule has 48 heavy (non-hydrogen) atoms. The Hall–Kier alpha value is -4.08. The lowest BCUT2D eigenvalue weighted by Crippen LogP contribution is -2.57. The average molecular weight is 668 g/mol. The van der Waals surface area contributed by atoms with E-state index < -0.39 is 22.6 Å². The van der Waals surface area contributed by atoms with Gasteiger partial charge in [-0.05, 0) is 79.3 Å². The van der Waals surface area contributed by atoms with Crippen LogP contribution in [0.15, 0.2) is 92.0 Å². The van der Waals surface area contributed by atoms with E-state index in [0.717, 1.165) is 28.6 Å². The molecule has 2 bridgehead atoms. The molecule has 3 aromatic carbocycles. The second-order valence-corrected chi connectivity index (χ2v) is 14.5. The fourth-order valence-electron chi connectivity index (χ4n) is 8.18. The molecule has 1 spiro atoms. The number of fused-ring (bicyclic) bond motifs is 2. The maximum Gasteiger partial charge on any atom is 0.251 e. The Morgan fingerprint density at radius 1 is 0.979 bits per heavy atom. The molecule has 3 aliphatic rings. The van der Waals surface area contributed by atoms with E-state index in [2.05, 4.69) is 20.1 Å². The van der Waals surface area contributed by atoms with E-state index >= 15 is 4.79 Å². The zero-order valence-corrected chi connectivity index (χ0v) is 28.6. The smallest absolute Gasteiger partial charge is 0.251 e. The van der Waals surface area contributed by atoms with Crippen molar-refractivity contribution in [2.24, 2.45) is 17.8 Å². The number of thioether (sulfide) groups is 1. The molecule has 0 radical (unpaired) electrons. The number of nitrogens with zero attached hydrogens (tertiary/aromatic N) is 3. The van der Waals surface area contributed by atoms with Gasteiger partial charge in [0.25, 0.3) is 5.91 Å². The van der Waals surface area contributed by atoms with Crippen LogP contribution in [-0.2, 0) is 14.4 Å². The Balaban J connectivity index is 1.40. The van der Waals surface area contributed by atoms with E-state index in [1.807, 2.05) is 73.7 Å². The molecule has 3 unspecified atom stereocenters. The van der Waals surface area contributed by atoms with Crippen LogP contribution in [-0.4, -0.2) is 76.6 Å². The number of amides is 3. The summed E-state index contributed by atoms with van der Waals surface area (Å²) < 4.78 is 4.85. The molecule has 6 atom stereocenters. The van der Waals surface area contributed by atoms with Crippen molar-refractivity contribution >= 4 is 51.6 Å². The molecule has 3 amide bonds. The van der Waals surface area contributed by atoms with Crippen molar-refractivity contribution in [3.05, 3.63) is 92.0 Å². The van der Waals surface area contributed by atoms with Crippen LogP contribution >= 0.6 is 11.8 Å². The summed E-state index contributed by atoms with van der Waals surface area (Å²) in [6.45, 7) is 13.4. The lowest BCUT2D eigenvalue weighted by molar-refractivity contribution is -0.139. The molecule has 252 valence electrons. The van der Waals surface area contributed by atoms with Crippen molar-refractivity contribution < 1.29 is 24.2 Å². The van der Waals surface area contributed by atoms with Crippen LogP contribution in [0.3, 0.4) is 0 Å². The van der Waals surface area contributed by atoms with Crippen LogP contribution < -0.4 is 14.5 Å². The van der Waals surface area contributed by atoms with Crippen molar-refractivity contribution in [3.8, 4) is 5.75 Å². The maximum atomic E-state index is 15.1. The topological polar surface area (TPSA) is 90.4 Å². The van der Waals surface area contributed by atoms with Gasteiger partial charge < -0.3 is 24.5 Å². The number of hydrogen-bond acceptors (Lipinski definition) is 6. The van der Waals surface area contributed by atoms with Gasteiger partial charge >= 0.3 is 0 Å². The monoisotopic (exact) mass is 667 g/mol. The molecule has 6 rings (SSSR count). The predicted molar refractivity (Wildman–Crippen MR) is 193 cm³/mol. The van der Waals surface area contributed by atoms with Gasteiger partial charge in [0.15, 0.2) is 0 Å². The summed E-state index contributed by atoms with van der Waals surface area (Å²) in [6, 6.07) is 20.7. The number of aliphatic hydroxyl groups excluding tert-OH is 1. The van der Waals surface area contributed by atoms with Gasteiger partial charge in [0.2, 0.25) is 11.8 Å². The maximum absolute atomic E-state index is 15.1. The summed E-state index contributed by atoms with van der Waals surface area (Å²) in [5.41, 5.74) is 1.45. The first-order chi connectivity index (χ1) is 23.3. The quantitative estimate of drug-likeness (QED) is 0.166. The summed E-state index contributed by atoms with van der Waals surface area (Å²) in [4.78, 5) is 49.6. The third-order valence-electron chi connectivity index (χ3n) is 10.2. The molecule has 3 aromatic rings. The SMILES string of the molecule is C=CCN(C(=O)C1N(CCCCO)C(=O)[C@@H]2[C@@H](C(=O)N(CC=C)c3ccc(OCC)cc3)[C@H]3CC(C)C12S3)c1ccc2ccccc2c1. The Morgan fingerprint density at radius 2 is 1.65 bits per heavy atom. The number of benzene rings is 3. The highest BCUT2D eigenvalue weighted by molar-refractivity contribution is 8.02. The van der Waals surface area contributed by atoms with E-state index in [0.29, 0.717) is 38.2 Å². The molecule has 3 saturated heterocycles. The van der Waals surface area contributed by atoms with Crippen molar-refractivity contribution in [3.63, 3.8) is 0 Å². The van der Waals surface area contributed by atoms with Crippen molar-refractivity contribution in [1.82, 2.24) is 4.90 Å². The molecule has 0 aromatic heterocycles. The van der Waals surface area contributed by atoms with E-state index in [1.165, 1.54) is 0 Å². The summed E-state index contributed by atoms with van der Waals surface area (Å²) in [7, 11) is 0. The van der Waals surface area contributed by atoms with Crippen molar-refractivity contribution in [1.29, 1.82) is 0 Å². The van der Waals surface area contributed by atoms with Crippen LogP contribution in [0.5, 0.6) is 5.75 Å². The number of rotatable bonds is 14. The summed E-state index contributed by atoms with van der Waals surface area (Å²) >= 11 is 1.67. The van der Waals surface area contributed by atoms with Crippen LogP contribution in [0, 0.1) is 17.8 Å². The van der Waals surface area contributed by atoms with Crippen LogP contribution in [0.1, 0.15) is 33.1 Å². The largest absolute Gasteiger partial charge is 0.494 e. The number of hydrogen-bond donors (Lipinski definition) is 1. The number of anilines is 2. The molecular formula is C39H45N3O5S. The number of carbonyl (C=O) groups is 3. The van der Waals surface area contributed by atoms with Crippen LogP contribution in [0.4, 0.5) is 11.4 Å². The van der Waals surface area contributed by atoms with Gasteiger partial charge in [-0.25, -0.2) is 0 Å². The third-order valence-corrected chi connectivity index (χ3v) is 12.3. The van der Waals surface area contributed by atoms with Crippen molar-refractivity contribution in [2.45, 2.75) is 49.1 Å². The van der Waals surface area contributed by atoms with E-state index in [-0.39, 0.29) is 42.0 Å². The zero-order valence-electron chi connectivity index (χ0n) is 27.8. The first-order valence-corrected chi connectivity index (χ1v) is 17.8. The van der Waals surface area contributed by atoms with E-state index in [9.17, 15) is 14.7 Å². The minimum absolute atomic E-state index is 0.00182. The van der Waals surface area contributed by atoms with Gasteiger partial charge in [-0.2, -0.15) is 0 Å². The highest BCUT2D eigenvalue weighted by Crippen LogP contribution is 2.69. The Labute approximate surface area is 287 Å². The Morgan fingerprint density at radius 3 is 2.31 bits per heavy atom. The lowest BCUT2D eigenvalue weighted by Gasteiger charge is -2.41. The molecule has 3 aliphatic heterocycles. The normalized spacial score (nSPS) is 25.6. The van der Waals surface area contributed by atoms with Crippen LogP contribution in [0.2, 0.25) is 0 Å². The summed E-state index contributed by atoms with van der Waals surface area (Å²) in [5, 5.41) is 11.6. The summed E-state index contributed by atoms with van der Waals surface area (Å²) in [6.07, 6.45) is 5.23. The second kappa shape index (κ2) is 14.2. The minimum atomic E-state index is -0.771. The number of aliphatic hydroxyl groups is 1. The molecular weight excluding hydrogens is 623 g/mol. The highest BCUT2D eigenvalue weighted by atomic mass is 32.2. The van der Waals surface area contributed by atoms with Crippen LogP contribution in [0.25, 0.3) is 10.8 Å². The highest BCUT2D eigenvalue weighted by Gasteiger charge is 2.76. The fourth-order valence-corrected chi connectivity index (χ4v) is 10.6. The Kier molecular flexibility index (Phi) is 9.99. The fraction of sp³-hybridized carbons (Fsp3) is 0.410. The average Bonchev–Trinajstić information content (AvgIpc) is 3.69. The Bertz CT molecular complexity index is 1690. The minimum Gasteiger partial charge on any atom is -0.494 e. The third kappa shape index (κ3) is 5.71. The summed E-state index contributed by atoms with van der Waals surface area (Å²) in [5.74, 6) is -0.911. The van der Waals surface area contributed by atoms with Gasteiger partial charge in [0.05, 0.1) is 23.2 Å². The second-order valence-electron chi connectivity index (χ2n) is 12.9. The van der Waals surface area contributed by atoms with Gasteiger partial charge in [0, 0.05) is 42.9 Å². The number of unbranched alkanes of at least 4 members (excludes halogenated alkanes) is 1. The first-order valence-electron chi connectivity index (χ1n) is 17.0. The lowest BCUT2D eigenvalue weighted by atomic mass is 9.65. The number of ether oxygens (including phenoxy) is 1. The van der Waals surface area contributed by atoms with E-state index in [1.54, 1.807) is 38.6 Å². The first kappa shape index (κ1) is 33.8. The molecule has 3 fully saturated rings. The number of carbonyl (C=O) groups excluding carboxylic acids is 3. The van der Waals surface area contributed by atoms with Gasteiger partial charge in [0.1, 0.15) is 11.8 Å². The molecule has 1 N–H and O–H groups in total. The standard InChI is InChI=1S/C39H45N3O5S/c1-5-20-40(29-16-18-31(19-17-29)47-7-3)36(44)33-32-24-26(4)39(48-32)34(33)37(45)42(22-10-11-23-43)35(39)38(46)41(21-6-2)30-15-14-27-12-8-9-13-28(27)25-30/h5-6,8-9,12-19,25-26,32-35,43H,1-2,7,10-11,20-24H2,3-4H3/t26?,32-,33+,34+,35?,39?/m1/s1. The van der Waals surface area contributed by atoms with Crippen molar-refractivity contribution in [2.75, 3.05) is 42.6 Å². The molecule has 0 aliphatic carbocycles. The van der Waals surface area contributed by atoms with Gasteiger partial charge in [-0.3, -0.25) is 14.4 Å². The van der Waals surface area contributed by atoms with Gasteiger partial charge in [-0.15, -0.1) is 24.9 Å². The van der Waals surface area contributed by atoms with Gasteiger partial charge in [-0.1, -0.05) is 49.4 Å². The number of likely N-dealkylation sites (tertiary alicyclic amines) is 1. The molecule has 3 heterocycles. The van der Waals surface area contributed by atoms with E-state index in [4.69, 9.17) is 4.74 Å². The predicted octanol–water partition coefficient (Wildman–Crippen LogP) is 6.09. The molecule has 0 saturated carbocycles. The molecule has 8 nitrogen and oxygen atoms in total. The zero-order chi connectivity index (χ0) is 34.0. The molecule has 9 heteroatoms.